The van der Waals surface area contributed by atoms with Crippen molar-refractivity contribution in [2.75, 3.05) is 20.1 Å². The van der Waals surface area contributed by atoms with Gasteiger partial charge >= 0.3 is 0 Å². The van der Waals surface area contributed by atoms with E-state index in [1.807, 2.05) is 0 Å². The van der Waals surface area contributed by atoms with Crippen molar-refractivity contribution in [3.63, 3.8) is 0 Å². The summed E-state index contributed by atoms with van der Waals surface area (Å²) in [7, 11) is 2.12. The Kier molecular flexibility index (Phi) is 5.00. The Hall–Kier alpha value is -0.520. The number of hydrogen-bond donors (Lipinski definition) is 1. The van der Waals surface area contributed by atoms with Crippen LogP contribution >= 0.6 is 0 Å². The molecule has 0 aromatic heterocycles. The van der Waals surface area contributed by atoms with Gasteiger partial charge in [-0.1, -0.05) is 19.3 Å². The fraction of sp³-hybridized carbons (Fsp3) is 0.833. The third-order valence-corrected chi connectivity index (χ3v) is 2.81. The normalized spacial score (nSPS) is 18.1. The van der Waals surface area contributed by atoms with Crippen molar-refractivity contribution in [2.24, 2.45) is 0 Å². The predicted octanol–water partition coefficient (Wildman–Crippen LogP) is 1.47. The zero-order valence-electron chi connectivity index (χ0n) is 9.42. The van der Waals surface area contributed by atoms with E-state index in [0.29, 0.717) is 6.04 Å². The molecule has 0 amide bonds. The van der Waals surface area contributed by atoms with Gasteiger partial charge in [0.15, 0.2) is 0 Å². The molecule has 0 aliphatic heterocycles. The number of nitrogens with zero attached hydrogens (tertiary/aromatic N) is 1. The first-order valence-electron chi connectivity index (χ1n) is 5.65. The molecule has 1 aliphatic carbocycles. The molecule has 0 heterocycles. The third-order valence-electron chi connectivity index (χ3n) is 2.81. The second-order valence-corrected chi connectivity index (χ2v) is 4.24. The monoisotopic (exact) mass is 194 g/mol. The molecule has 14 heavy (non-hydrogen) atoms. The van der Waals surface area contributed by atoms with Crippen molar-refractivity contribution in [2.45, 2.75) is 44.7 Å². The number of rotatable bonds is 7. The molecule has 1 N–H and O–H groups in total. The topological polar surface area (TPSA) is 15.3 Å². The predicted molar refractivity (Wildman–Crippen MR) is 61.2 cm³/mol. The van der Waals surface area contributed by atoms with E-state index in [1.165, 1.54) is 25.7 Å². The highest BCUT2D eigenvalue weighted by atomic mass is 15.1. The fourth-order valence-electron chi connectivity index (χ4n) is 1.67. The summed E-state index contributed by atoms with van der Waals surface area (Å²) < 4.78 is 0. The number of hydrogen-bond acceptors (Lipinski definition) is 2. The SMILES string of the molecule is C#CCN(C)C(CCC)CNC1CC1. The average molecular weight is 194 g/mol. The highest BCUT2D eigenvalue weighted by Gasteiger charge is 2.22. The van der Waals surface area contributed by atoms with Crippen LogP contribution in [0.4, 0.5) is 0 Å². The van der Waals surface area contributed by atoms with Crippen LogP contribution in [0.5, 0.6) is 0 Å². The summed E-state index contributed by atoms with van der Waals surface area (Å²) in [6.45, 7) is 4.08. The van der Waals surface area contributed by atoms with E-state index in [0.717, 1.165) is 19.1 Å². The van der Waals surface area contributed by atoms with Gasteiger partial charge in [0, 0.05) is 18.6 Å². The Morgan fingerprint density at radius 3 is 2.79 bits per heavy atom. The minimum absolute atomic E-state index is 0.608. The zero-order chi connectivity index (χ0) is 10.4. The van der Waals surface area contributed by atoms with Crippen LogP contribution in [-0.4, -0.2) is 37.1 Å². The smallest absolute Gasteiger partial charge is 0.0599 e. The van der Waals surface area contributed by atoms with Crippen LogP contribution in [0.2, 0.25) is 0 Å². The summed E-state index contributed by atoms with van der Waals surface area (Å²) in [6.07, 6.45) is 10.5. The lowest BCUT2D eigenvalue weighted by Gasteiger charge is -2.26. The van der Waals surface area contributed by atoms with Crippen LogP contribution in [0.15, 0.2) is 0 Å². The van der Waals surface area contributed by atoms with Crippen LogP contribution in [0.3, 0.4) is 0 Å². The molecule has 0 bridgehead atoms. The van der Waals surface area contributed by atoms with Crippen LogP contribution in [0, 0.1) is 12.3 Å². The minimum Gasteiger partial charge on any atom is -0.312 e. The molecule has 0 aromatic carbocycles. The van der Waals surface area contributed by atoms with E-state index < -0.39 is 0 Å². The lowest BCUT2D eigenvalue weighted by molar-refractivity contribution is 0.246. The summed E-state index contributed by atoms with van der Waals surface area (Å²) in [5.41, 5.74) is 0. The largest absolute Gasteiger partial charge is 0.312 e. The van der Waals surface area contributed by atoms with Gasteiger partial charge in [0.25, 0.3) is 0 Å². The summed E-state index contributed by atoms with van der Waals surface area (Å²) in [4.78, 5) is 2.28. The molecular formula is C12H22N2. The van der Waals surface area contributed by atoms with Gasteiger partial charge in [-0.05, 0) is 26.3 Å². The summed E-state index contributed by atoms with van der Waals surface area (Å²) in [6, 6.07) is 1.41. The molecule has 0 radical (unpaired) electrons. The van der Waals surface area contributed by atoms with Gasteiger partial charge in [-0.2, -0.15) is 0 Å². The number of likely N-dealkylation sites (N-methyl/N-ethyl adjacent to an activating group) is 1. The van der Waals surface area contributed by atoms with Gasteiger partial charge in [-0.25, -0.2) is 0 Å². The van der Waals surface area contributed by atoms with Crippen molar-refractivity contribution < 1.29 is 0 Å². The van der Waals surface area contributed by atoms with Crippen LogP contribution in [0.1, 0.15) is 32.6 Å². The third kappa shape index (κ3) is 4.13. The van der Waals surface area contributed by atoms with E-state index in [-0.39, 0.29) is 0 Å². The molecule has 1 saturated carbocycles. The molecule has 2 heteroatoms. The summed E-state index contributed by atoms with van der Waals surface area (Å²) in [5, 5.41) is 3.57. The lowest BCUT2D eigenvalue weighted by Crippen LogP contribution is -2.40. The number of nitrogens with one attached hydrogen (secondary N) is 1. The highest BCUT2D eigenvalue weighted by molar-refractivity contribution is 4.90. The maximum atomic E-state index is 5.32. The van der Waals surface area contributed by atoms with Crippen molar-refractivity contribution in [1.29, 1.82) is 0 Å². The molecule has 0 aromatic rings. The molecule has 0 saturated heterocycles. The Balaban J connectivity index is 2.24. The molecule has 1 atom stereocenters. The lowest BCUT2D eigenvalue weighted by atomic mass is 10.1. The van der Waals surface area contributed by atoms with Crippen molar-refractivity contribution in [1.82, 2.24) is 10.2 Å². The summed E-state index contributed by atoms with van der Waals surface area (Å²) >= 11 is 0. The van der Waals surface area contributed by atoms with Gasteiger partial charge in [0.05, 0.1) is 6.54 Å². The Bertz CT molecular complexity index is 191. The van der Waals surface area contributed by atoms with Crippen molar-refractivity contribution >= 4 is 0 Å². The van der Waals surface area contributed by atoms with E-state index in [9.17, 15) is 0 Å². The zero-order valence-corrected chi connectivity index (χ0v) is 9.42. The van der Waals surface area contributed by atoms with Crippen molar-refractivity contribution in [3.05, 3.63) is 0 Å². The molecular weight excluding hydrogens is 172 g/mol. The van der Waals surface area contributed by atoms with E-state index in [2.05, 4.69) is 30.1 Å². The first-order valence-corrected chi connectivity index (χ1v) is 5.65. The maximum Gasteiger partial charge on any atom is 0.0599 e. The van der Waals surface area contributed by atoms with E-state index in [4.69, 9.17) is 6.42 Å². The van der Waals surface area contributed by atoms with Gasteiger partial charge in [0.1, 0.15) is 0 Å². The molecule has 1 fully saturated rings. The molecule has 80 valence electrons. The second-order valence-electron chi connectivity index (χ2n) is 4.24. The first kappa shape index (κ1) is 11.6. The number of terminal acetylenes is 1. The molecule has 2 nitrogen and oxygen atoms in total. The van der Waals surface area contributed by atoms with Gasteiger partial charge < -0.3 is 5.32 Å². The molecule has 1 aliphatic rings. The molecule has 0 spiro atoms. The van der Waals surface area contributed by atoms with E-state index >= 15 is 0 Å². The Morgan fingerprint density at radius 2 is 2.29 bits per heavy atom. The Morgan fingerprint density at radius 1 is 1.57 bits per heavy atom. The van der Waals surface area contributed by atoms with Gasteiger partial charge in [0.2, 0.25) is 0 Å². The second kappa shape index (κ2) is 6.06. The summed E-state index contributed by atoms with van der Waals surface area (Å²) in [5.74, 6) is 2.71. The van der Waals surface area contributed by atoms with Crippen LogP contribution in [-0.2, 0) is 0 Å². The van der Waals surface area contributed by atoms with Crippen molar-refractivity contribution in [3.8, 4) is 12.3 Å². The van der Waals surface area contributed by atoms with E-state index in [1.54, 1.807) is 0 Å². The minimum atomic E-state index is 0.608. The van der Waals surface area contributed by atoms with Crippen LogP contribution in [0.25, 0.3) is 0 Å². The maximum absolute atomic E-state index is 5.32. The fourth-order valence-corrected chi connectivity index (χ4v) is 1.67. The molecule has 1 rings (SSSR count). The standard InChI is InChI=1S/C12H22N2/c1-4-6-12(14(3)9-5-2)10-13-11-7-8-11/h2,11-13H,4,6-10H2,1,3H3. The van der Waals surface area contributed by atoms with Gasteiger partial charge in [-0.15, -0.1) is 6.42 Å². The quantitative estimate of drug-likeness (QED) is 0.617. The first-order chi connectivity index (χ1) is 6.77. The average Bonchev–Trinajstić information content (AvgIpc) is 2.96. The molecule has 1 unspecified atom stereocenters. The van der Waals surface area contributed by atoms with Gasteiger partial charge in [-0.3, -0.25) is 4.90 Å². The highest BCUT2D eigenvalue weighted by Crippen LogP contribution is 2.19. The van der Waals surface area contributed by atoms with Crippen LogP contribution < -0.4 is 5.32 Å². The Labute approximate surface area is 88.1 Å².